The molecule has 0 aromatic carbocycles. The lowest BCUT2D eigenvalue weighted by atomic mass is 10.2. The van der Waals surface area contributed by atoms with E-state index in [4.69, 9.17) is 16.3 Å². The maximum absolute atomic E-state index is 10.9. The van der Waals surface area contributed by atoms with Crippen LogP contribution in [-0.2, 0) is 9.53 Å². The zero-order chi connectivity index (χ0) is 9.40. The van der Waals surface area contributed by atoms with Crippen molar-refractivity contribution in [2.24, 2.45) is 0 Å². The van der Waals surface area contributed by atoms with Gasteiger partial charge in [0.2, 0.25) is 0 Å². The number of carbonyl (C=O) groups excluding carboxylic acids is 1. The van der Waals surface area contributed by atoms with Gasteiger partial charge in [0.05, 0.1) is 6.61 Å². The summed E-state index contributed by atoms with van der Waals surface area (Å²) in [5.74, 6) is -0.129. The molecule has 0 saturated heterocycles. The van der Waals surface area contributed by atoms with Crippen molar-refractivity contribution >= 4 is 17.6 Å². The lowest BCUT2D eigenvalue weighted by molar-refractivity contribution is -0.143. The van der Waals surface area contributed by atoms with Gasteiger partial charge >= 0.3 is 5.97 Å². The van der Waals surface area contributed by atoms with Gasteiger partial charge in [0.1, 0.15) is 0 Å². The average molecular weight is 193 g/mol. The average Bonchev–Trinajstić information content (AvgIpc) is 2.01. The van der Waals surface area contributed by atoms with Crippen molar-refractivity contribution in [3.8, 4) is 0 Å². The van der Waals surface area contributed by atoms with E-state index in [9.17, 15) is 4.79 Å². The fourth-order valence-corrected chi connectivity index (χ4v) is 0.828. The highest BCUT2D eigenvalue weighted by Crippen LogP contribution is 2.04. The van der Waals surface area contributed by atoms with Gasteiger partial charge in [0, 0.05) is 11.8 Å². The van der Waals surface area contributed by atoms with Crippen LogP contribution in [0.15, 0.2) is 0 Å². The number of esters is 1. The lowest BCUT2D eigenvalue weighted by Crippen LogP contribution is -2.07. The van der Waals surface area contributed by atoms with E-state index in [0.29, 0.717) is 19.4 Å². The molecule has 0 N–H and O–H groups in total. The number of rotatable bonds is 6. The monoisotopic (exact) mass is 192 g/mol. The quantitative estimate of drug-likeness (QED) is 0.368. The van der Waals surface area contributed by atoms with Gasteiger partial charge in [-0.1, -0.05) is 13.3 Å². The number of carbonyl (C=O) groups is 1. The molecule has 0 aromatic rings. The van der Waals surface area contributed by atoms with Crippen molar-refractivity contribution in [3.63, 3.8) is 0 Å². The summed E-state index contributed by atoms with van der Waals surface area (Å²) in [5, 5.41) is 0.0590. The van der Waals surface area contributed by atoms with Crippen LogP contribution in [0.4, 0.5) is 0 Å². The second-order valence-corrected chi connectivity index (χ2v) is 3.64. The molecule has 0 fully saturated rings. The summed E-state index contributed by atoms with van der Waals surface area (Å²) in [4.78, 5) is 10.9. The highest BCUT2D eigenvalue weighted by molar-refractivity contribution is 6.20. The van der Waals surface area contributed by atoms with Crippen LogP contribution in [0.1, 0.15) is 39.5 Å². The van der Waals surface area contributed by atoms with E-state index < -0.39 is 0 Å². The second-order valence-electron chi connectivity index (χ2n) is 2.89. The van der Waals surface area contributed by atoms with Crippen LogP contribution >= 0.6 is 11.6 Å². The van der Waals surface area contributed by atoms with E-state index in [1.165, 1.54) is 0 Å². The molecule has 0 spiro atoms. The molecular weight excluding hydrogens is 176 g/mol. The Bertz CT molecular complexity index is 124. The molecule has 0 aromatic heterocycles. The third-order valence-corrected chi connectivity index (χ3v) is 1.73. The molecule has 1 unspecified atom stereocenters. The molecule has 0 aliphatic rings. The lowest BCUT2D eigenvalue weighted by Gasteiger charge is -2.04. The standard InChI is InChI=1S/C9H17ClO2/c1-3-4-7-12-9(11)6-5-8(2)10/h8H,3-7H2,1-2H3. The summed E-state index contributed by atoms with van der Waals surface area (Å²) in [5.41, 5.74) is 0. The SMILES string of the molecule is CCCCOC(=O)CCC(C)Cl. The van der Waals surface area contributed by atoms with E-state index in [2.05, 4.69) is 6.92 Å². The minimum Gasteiger partial charge on any atom is -0.466 e. The van der Waals surface area contributed by atoms with Crippen molar-refractivity contribution in [1.82, 2.24) is 0 Å². The summed E-state index contributed by atoms with van der Waals surface area (Å²) < 4.78 is 4.94. The summed E-state index contributed by atoms with van der Waals surface area (Å²) >= 11 is 5.68. The molecule has 0 amide bonds. The largest absolute Gasteiger partial charge is 0.466 e. The molecule has 0 rings (SSSR count). The second kappa shape index (κ2) is 7.41. The molecule has 0 aliphatic carbocycles. The van der Waals surface area contributed by atoms with Crippen molar-refractivity contribution in [2.75, 3.05) is 6.61 Å². The Hall–Kier alpha value is -0.240. The molecule has 12 heavy (non-hydrogen) atoms. The number of ether oxygens (including phenoxy) is 1. The third kappa shape index (κ3) is 7.86. The van der Waals surface area contributed by atoms with Crippen LogP contribution in [0.5, 0.6) is 0 Å². The highest BCUT2D eigenvalue weighted by Gasteiger charge is 2.04. The first kappa shape index (κ1) is 11.8. The number of hydrogen-bond donors (Lipinski definition) is 0. The van der Waals surface area contributed by atoms with E-state index in [1.54, 1.807) is 0 Å². The summed E-state index contributed by atoms with van der Waals surface area (Å²) in [6.45, 7) is 4.49. The first-order valence-corrected chi connectivity index (χ1v) is 4.90. The Balaban J connectivity index is 3.22. The zero-order valence-electron chi connectivity index (χ0n) is 7.81. The van der Waals surface area contributed by atoms with Crippen molar-refractivity contribution < 1.29 is 9.53 Å². The smallest absolute Gasteiger partial charge is 0.305 e. The molecule has 0 bridgehead atoms. The molecule has 1 atom stereocenters. The van der Waals surface area contributed by atoms with Crippen LogP contribution in [0.3, 0.4) is 0 Å². The van der Waals surface area contributed by atoms with Gasteiger partial charge < -0.3 is 4.74 Å². The number of halogens is 1. The Morgan fingerprint density at radius 3 is 2.75 bits per heavy atom. The van der Waals surface area contributed by atoms with Gasteiger partial charge in [-0.25, -0.2) is 0 Å². The first-order valence-electron chi connectivity index (χ1n) is 4.46. The topological polar surface area (TPSA) is 26.3 Å². The van der Waals surface area contributed by atoms with Crippen LogP contribution in [0.25, 0.3) is 0 Å². The molecular formula is C9H17ClO2. The van der Waals surface area contributed by atoms with Crippen LogP contribution in [0.2, 0.25) is 0 Å². The van der Waals surface area contributed by atoms with E-state index in [1.807, 2.05) is 6.92 Å². The summed E-state index contributed by atoms with van der Waals surface area (Å²) in [6.07, 6.45) is 3.14. The van der Waals surface area contributed by atoms with Gasteiger partial charge in [-0.3, -0.25) is 4.79 Å². The van der Waals surface area contributed by atoms with E-state index in [0.717, 1.165) is 12.8 Å². The predicted octanol–water partition coefficient (Wildman–Crippen LogP) is 2.74. The van der Waals surface area contributed by atoms with Crippen LogP contribution < -0.4 is 0 Å². The first-order chi connectivity index (χ1) is 5.66. The number of alkyl halides is 1. The number of unbranched alkanes of at least 4 members (excludes halogenated alkanes) is 1. The van der Waals surface area contributed by atoms with Gasteiger partial charge in [-0.05, 0) is 19.8 Å². The Morgan fingerprint density at radius 1 is 1.58 bits per heavy atom. The molecule has 2 nitrogen and oxygen atoms in total. The molecule has 0 heterocycles. The predicted molar refractivity (Wildman–Crippen MR) is 50.4 cm³/mol. The minimum atomic E-state index is -0.129. The fourth-order valence-electron chi connectivity index (χ4n) is 0.719. The van der Waals surface area contributed by atoms with E-state index in [-0.39, 0.29) is 11.3 Å². The minimum absolute atomic E-state index is 0.0590. The highest BCUT2D eigenvalue weighted by atomic mass is 35.5. The van der Waals surface area contributed by atoms with Gasteiger partial charge in [-0.2, -0.15) is 0 Å². The van der Waals surface area contributed by atoms with Crippen molar-refractivity contribution in [2.45, 2.75) is 44.9 Å². The van der Waals surface area contributed by atoms with Gasteiger partial charge in [0.25, 0.3) is 0 Å². The van der Waals surface area contributed by atoms with Crippen LogP contribution in [-0.4, -0.2) is 18.0 Å². The van der Waals surface area contributed by atoms with Gasteiger partial charge in [0.15, 0.2) is 0 Å². The Morgan fingerprint density at radius 2 is 2.25 bits per heavy atom. The zero-order valence-corrected chi connectivity index (χ0v) is 8.56. The summed E-state index contributed by atoms with van der Waals surface area (Å²) in [7, 11) is 0. The van der Waals surface area contributed by atoms with Crippen molar-refractivity contribution in [3.05, 3.63) is 0 Å². The summed E-state index contributed by atoms with van der Waals surface area (Å²) in [6, 6.07) is 0. The third-order valence-electron chi connectivity index (χ3n) is 1.51. The van der Waals surface area contributed by atoms with E-state index >= 15 is 0 Å². The maximum Gasteiger partial charge on any atom is 0.305 e. The molecule has 0 saturated carbocycles. The van der Waals surface area contributed by atoms with Crippen LogP contribution in [0, 0.1) is 0 Å². The van der Waals surface area contributed by atoms with Crippen molar-refractivity contribution in [1.29, 1.82) is 0 Å². The molecule has 72 valence electrons. The normalized spacial score (nSPS) is 12.6. The molecule has 0 aliphatic heterocycles. The molecule has 3 heteroatoms. The molecule has 0 radical (unpaired) electrons. The Kier molecular flexibility index (Phi) is 7.26. The fraction of sp³-hybridized carbons (Fsp3) is 0.889. The number of hydrogen-bond acceptors (Lipinski definition) is 2. The van der Waals surface area contributed by atoms with Gasteiger partial charge in [-0.15, -0.1) is 11.6 Å². The maximum atomic E-state index is 10.9. The Labute approximate surface area is 79.2 Å².